The molecule has 1 amide bonds. The van der Waals surface area contributed by atoms with Gasteiger partial charge >= 0.3 is 0 Å². The van der Waals surface area contributed by atoms with Crippen LogP contribution in [0.3, 0.4) is 0 Å². The van der Waals surface area contributed by atoms with E-state index in [0.29, 0.717) is 13.0 Å². The molecule has 1 aliphatic rings. The van der Waals surface area contributed by atoms with Gasteiger partial charge in [-0.25, -0.2) is 0 Å². The molecule has 2 heterocycles. The summed E-state index contributed by atoms with van der Waals surface area (Å²) in [6.07, 6.45) is 4.12. The van der Waals surface area contributed by atoms with Gasteiger partial charge in [-0.3, -0.25) is 14.4 Å². The number of carbonyl (C=O) groups is 1. The Hall–Kier alpha value is -2.18. The Bertz CT molecular complexity index is 686. The maximum atomic E-state index is 12.3. The standard InChI is InChI=1S/C19H26N4O2/c1-15-9-20-23(10-15)8-7-19(25)21-18-13-22(12-17(18)14-24)11-16-5-3-2-4-6-16/h2-6,9-10,17-18,24H,7-8,11-14H2,1H3,(H,21,25)/t17-,18+/m0/s1. The number of carbonyl (C=O) groups excluding carboxylic acids is 1. The van der Waals surface area contributed by atoms with Crippen LogP contribution in [0.25, 0.3) is 0 Å². The summed E-state index contributed by atoms with van der Waals surface area (Å²) in [5.74, 6) is 0.0952. The van der Waals surface area contributed by atoms with E-state index in [1.54, 1.807) is 10.9 Å². The van der Waals surface area contributed by atoms with E-state index in [1.807, 2.05) is 31.3 Å². The summed E-state index contributed by atoms with van der Waals surface area (Å²) in [7, 11) is 0. The molecule has 1 aromatic heterocycles. The number of nitrogens with zero attached hydrogens (tertiary/aromatic N) is 3. The van der Waals surface area contributed by atoms with Gasteiger partial charge in [0.25, 0.3) is 0 Å². The summed E-state index contributed by atoms with van der Waals surface area (Å²) in [5.41, 5.74) is 2.34. The number of amides is 1. The summed E-state index contributed by atoms with van der Waals surface area (Å²) in [6.45, 7) is 5.06. The zero-order valence-electron chi connectivity index (χ0n) is 14.6. The first kappa shape index (κ1) is 17.6. The van der Waals surface area contributed by atoms with Crippen LogP contribution in [0.2, 0.25) is 0 Å². The molecule has 1 saturated heterocycles. The number of aromatic nitrogens is 2. The van der Waals surface area contributed by atoms with Gasteiger partial charge in [0.1, 0.15) is 0 Å². The molecule has 0 aliphatic carbocycles. The first-order valence-electron chi connectivity index (χ1n) is 8.79. The van der Waals surface area contributed by atoms with Gasteiger partial charge in [0.2, 0.25) is 5.91 Å². The Morgan fingerprint density at radius 3 is 2.80 bits per heavy atom. The molecule has 0 bridgehead atoms. The van der Waals surface area contributed by atoms with Gasteiger partial charge in [0.05, 0.1) is 6.20 Å². The summed E-state index contributed by atoms with van der Waals surface area (Å²) in [6, 6.07) is 10.3. The fourth-order valence-corrected chi connectivity index (χ4v) is 3.36. The topological polar surface area (TPSA) is 70.4 Å². The molecule has 3 rings (SSSR count). The van der Waals surface area contributed by atoms with Gasteiger partial charge in [0, 0.05) is 57.4 Å². The molecule has 6 nitrogen and oxygen atoms in total. The van der Waals surface area contributed by atoms with Crippen molar-refractivity contribution in [2.24, 2.45) is 5.92 Å². The zero-order chi connectivity index (χ0) is 17.6. The van der Waals surface area contributed by atoms with E-state index in [1.165, 1.54) is 5.56 Å². The molecule has 1 aliphatic heterocycles. The molecule has 2 N–H and O–H groups in total. The predicted octanol–water partition coefficient (Wildman–Crippen LogP) is 1.19. The number of hydrogen-bond acceptors (Lipinski definition) is 4. The summed E-state index contributed by atoms with van der Waals surface area (Å²) < 4.78 is 1.79. The minimum atomic E-state index is 0.000528. The van der Waals surface area contributed by atoms with E-state index in [0.717, 1.165) is 25.2 Å². The second-order valence-electron chi connectivity index (χ2n) is 6.83. The first-order chi connectivity index (χ1) is 12.1. The highest BCUT2D eigenvalue weighted by Gasteiger charge is 2.33. The molecule has 25 heavy (non-hydrogen) atoms. The average molecular weight is 342 g/mol. The normalized spacial score (nSPS) is 20.7. The van der Waals surface area contributed by atoms with E-state index in [-0.39, 0.29) is 24.5 Å². The third kappa shape index (κ3) is 4.90. The summed E-state index contributed by atoms with van der Waals surface area (Å²) in [4.78, 5) is 14.5. The number of aliphatic hydroxyl groups is 1. The molecule has 2 atom stereocenters. The molecular formula is C19H26N4O2. The number of nitrogens with one attached hydrogen (secondary N) is 1. The molecule has 0 spiro atoms. The monoisotopic (exact) mass is 342 g/mol. The molecule has 1 aromatic carbocycles. The van der Waals surface area contributed by atoms with Crippen molar-refractivity contribution in [2.75, 3.05) is 19.7 Å². The molecule has 0 saturated carbocycles. The Morgan fingerprint density at radius 1 is 1.32 bits per heavy atom. The van der Waals surface area contributed by atoms with Gasteiger partial charge in [0.15, 0.2) is 0 Å². The number of rotatable bonds is 7. The highest BCUT2D eigenvalue weighted by atomic mass is 16.3. The number of aryl methyl sites for hydroxylation is 2. The largest absolute Gasteiger partial charge is 0.396 e. The van der Waals surface area contributed by atoms with Crippen LogP contribution in [-0.2, 0) is 17.9 Å². The summed E-state index contributed by atoms with van der Waals surface area (Å²) in [5, 5.41) is 16.9. The fourth-order valence-electron chi connectivity index (χ4n) is 3.36. The predicted molar refractivity (Wildman–Crippen MR) is 95.8 cm³/mol. The minimum Gasteiger partial charge on any atom is -0.396 e. The molecule has 134 valence electrons. The van der Waals surface area contributed by atoms with Crippen LogP contribution < -0.4 is 5.32 Å². The number of hydrogen-bond donors (Lipinski definition) is 2. The SMILES string of the molecule is Cc1cnn(CCC(=O)N[C@@H]2CN(Cc3ccccc3)C[C@H]2CO)c1. The second kappa shape index (κ2) is 8.27. The van der Waals surface area contributed by atoms with Crippen LogP contribution in [0, 0.1) is 12.8 Å². The lowest BCUT2D eigenvalue weighted by Crippen LogP contribution is -2.41. The van der Waals surface area contributed by atoms with Gasteiger partial charge in [-0.2, -0.15) is 5.10 Å². The van der Waals surface area contributed by atoms with E-state index >= 15 is 0 Å². The van der Waals surface area contributed by atoms with Gasteiger partial charge in [-0.15, -0.1) is 0 Å². The smallest absolute Gasteiger partial charge is 0.222 e. The average Bonchev–Trinajstić information content (AvgIpc) is 3.19. The molecule has 2 aromatic rings. The van der Waals surface area contributed by atoms with Crippen molar-refractivity contribution >= 4 is 5.91 Å². The van der Waals surface area contributed by atoms with Crippen molar-refractivity contribution in [3.63, 3.8) is 0 Å². The Morgan fingerprint density at radius 2 is 2.12 bits per heavy atom. The highest BCUT2D eigenvalue weighted by molar-refractivity contribution is 5.76. The lowest BCUT2D eigenvalue weighted by Gasteiger charge is -2.18. The third-order valence-corrected chi connectivity index (χ3v) is 4.68. The fraction of sp³-hybridized carbons (Fsp3) is 0.474. The van der Waals surface area contributed by atoms with E-state index in [9.17, 15) is 9.90 Å². The first-order valence-corrected chi connectivity index (χ1v) is 8.79. The second-order valence-corrected chi connectivity index (χ2v) is 6.83. The number of benzene rings is 1. The van der Waals surface area contributed by atoms with Crippen LogP contribution in [0.1, 0.15) is 17.5 Å². The van der Waals surface area contributed by atoms with Crippen LogP contribution >= 0.6 is 0 Å². The van der Waals surface area contributed by atoms with Crippen molar-refractivity contribution in [1.29, 1.82) is 0 Å². The van der Waals surface area contributed by atoms with Crippen molar-refractivity contribution in [3.8, 4) is 0 Å². The van der Waals surface area contributed by atoms with Crippen molar-refractivity contribution in [2.45, 2.75) is 32.5 Å². The molecule has 6 heteroatoms. The van der Waals surface area contributed by atoms with Gasteiger partial charge in [-0.1, -0.05) is 30.3 Å². The zero-order valence-corrected chi connectivity index (χ0v) is 14.6. The molecule has 0 radical (unpaired) electrons. The van der Waals surface area contributed by atoms with Crippen molar-refractivity contribution in [3.05, 3.63) is 53.9 Å². The van der Waals surface area contributed by atoms with Crippen LogP contribution in [0.15, 0.2) is 42.7 Å². The lowest BCUT2D eigenvalue weighted by atomic mass is 10.1. The van der Waals surface area contributed by atoms with Crippen LogP contribution in [0.4, 0.5) is 0 Å². The lowest BCUT2D eigenvalue weighted by molar-refractivity contribution is -0.122. The quantitative estimate of drug-likeness (QED) is 0.793. The Labute approximate surface area is 148 Å². The minimum absolute atomic E-state index is 0.000528. The summed E-state index contributed by atoms with van der Waals surface area (Å²) >= 11 is 0. The Balaban J connectivity index is 1.49. The van der Waals surface area contributed by atoms with Crippen molar-refractivity contribution < 1.29 is 9.90 Å². The number of likely N-dealkylation sites (tertiary alicyclic amines) is 1. The van der Waals surface area contributed by atoms with E-state index < -0.39 is 0 Å². The molecule has 1 fully saturated rings. The van der Waals surface area contributed by atoms with Crippen LogP contribution in [-0.4, -0.2) is 51.4 Å². The van der Waals surface area contributed by atoms with E-state index in [4.69, 9.17) is 0 Å². The maximum Gasteiger partial charge on any atom is 0.222 e. The highest BCUT2D eigenvalue weighted by Crippen LogP contribution is 2.19. The third-order valence-electron chi connectivity index (χ3n) is 4.68. The maximum absolute atomic E-state index is 12.3. The van der Waals surface area contributed by atoms with Gasteiger partial charge < -0.3 is 10.4 Å². The number of aliphatic hydroxyl groups excluding tert-OH is 1. The van der Waals surface area contributed by atoms with Gasteiger partial charge in [-0.05, 0) is 18.1 Å². The molecular weight excluding hydrogens is 316 g/mol. The Kier molecular flexibility index (Phi) is 5.83. The van der Waals surface area contributed by atoms with Crippen LogP contribution in [0.5, 0.6) is 0 Å². The van der Waals surface area contributed by atoms with Crippen molar-refractivity contribution in [1.82, 2.24) is 20.0 Å². The molecule has 0 unspecified atom stereocenters. The van der Waals surface area contributed by atoms with E-state index in [2.05, 4.69) is 27.4 Å².